The predicted molar refractivity (Wildman–Crippen MR) is 398 cm³/mol. The first-order valence-electron chi connectivity index (χ1n) is 32.3. The molecule has 20 aromatic rings. The molecule has 0 bridgehead atoms. The summed E-state index contributed by atoms with van der Waals surface area (Å²) in [5, 5.41) is 15.6. The van der Waals surface area contributed by atoms with Gasteiger partial charge in [-0.3, -0.25) is 19.9 Å². The second kappa shape index (κ2) is 22.4. The van der Waals surface area contributed by atoms with E-state index < -0.39 is 0 Å². The van der Waals surface area contributed by atoms with Gasteiger partial charge in [0, 0.05) is 101 Å². The fraction of sp³-hybridized carbons (Fsp3) is 0. The van der Waals surface area contributed by atoms with Crippen molar-refractivity contribution in [3.05, 3.63) is 316 Å². The Morgan fingerprint density at radius 3 is 1.18 bits per heavy atom. The Balaban J connectivity index is 0.000000135. The van der Waals surface area contributed by atoms with Gasteiger partial charge in [0.05, 0.1) is 66.6 Å². The molecule has 0 amide bonds. The van der Waals surface area contributed by atoms with Crippen LogP contribution in [0.25, 0.3) is 198 Å². The normalized spacial score (nSPS) is 11.8. The van der Waals surface area contributed by atoms with Gasteiger partial charge in [-0.15, -0.1) is 0 Å². The fourth-order valence-corrected chi connectivity index (χ4v) is 14.6. The average Bonchev–Trinajstić information content (AvgIpc) is 0.759. The molecule has 0 aliphatic rings. The van der Waals surface area contributed by atoms with Crippen molar-refractivity contribution in [3.63, 3.8) is 0 Å². The number of fused-ring (bicyclic) bond motifs is 16. The molecule has 0 aliphatic carbocycles. The molecule has 0 aliphatic heterocycles. The lowest BCUT2D eigenvalue weighted by atomic mass is 9.90. The van der Waals surface area contributed by atoms with Crippen LogP contribution in [0.15, 0.2) is 316 Å². The van der Waals surface area contributed by atoms with Crippen LogP contribution >= 0.6 is 0 Å². The molecule has 0 N–H and O–H groups in total. The first-order chi connectivity index (χ1) is 47.6. The lowest BCUT2D eigenvalue weighted by molar-refractivity contribution is 1.37. The van der Waals surface area contributed by atoms with Crippen LogP contribution in [-0.4, -0.2) is 39.9 Å². The average molecular weight is 1220 g/mol. The van der Waals surface area contributed by atoms with Gasteiger partial charge in [0.15, 0.2) is 0 Å². The van der Waals surface area contributed by atoms with Gasteiger partial charge in [-0.2, -0.15) is 0 Å². The Kier molecular flexibility index (Phi) is 12.7. The van der Waals surface area contributed by atoms with E-state index in [0.717, 1.165) is 165 Å². The molecule has 0 saturated carbocycles. The van der Waals surface area contributed by atoms with Gasteiger partial charge in [0.1, 0.15) is 0 Å². The number of nitrogens with zero attached hydrogens (tertiary/aromatic N) is 8. The van der Waals surface area contributed by atoms with Crippen LogP contribution in [0.3, 0.4) is 0 Å². The largest absolute Gasteiger partial charge is 0.254 e. The van der Waals surface area contributed by atoms with E-state index in [1.807, 2.05) is 49.1 Å². The summed E-state index contributed by atoms with van der Waals surface area (Å²) in [7, 11) is 0. The second-order valence-electron chi connectivity index (χ2n) is 24.5. The third kappa shape index (κ3) is 9.06. The third-order valence-electron chi connectivity index (χ3n) is 19.0. The Bertz CT molecular complexity index is 6590. The van der Waals surface area contributed by atoms with Crippen LogP contribution in [0.1, 0.15) is 0 Å². The van der Waals surface area contributed by atoms with E-state index in [1.54, 1.807) is 0 Å². The quantitative estimate of drug-likeness (QED) is 0.120. The summed E-state index contributed by atoms with van der Waals surface area (Å²) < 4.78 is 0. The van der Waals surface area contributed by atoms with E-state index in [2.05, 4.69) is 277 Å². The summed E-state index contributed by atoms with van der Waals surface area (Å²) >= 11 is 0. The topological polar surface area (TPSA) is 103 Å². The minimum absolute atomic E-state index is 0.903. The SMILES string of the molecule is c1ccc(-c2c3ccccc3nc3c2ccc2ccc(-c4ccc(-c5cc6cccnc6c6ncccc56)c5ccccc45)nc23)cc1.c1ccc(-c2c3ccccc3nc3c2ccc2ccc(-c4ccc5cc(-c6cc7cccnc7c7ncccc67)ccc5c4)nc23)cc1. The second-order valence-corrected chi connectivity index (χ2v) is 24.5. The molecule has 8 heteroatoms. The van der Waals surface area contributed by atoms with Crippen molar-refractivity contribution in [2.24, 2.45) is 0 Å². The Hall–Kier alpha value is -13.0. The molecule has 8 aromatic heterocycles. The van der Waals surface area contributed by atoms with Crippen LogP contribution in [0, 0.1) is 0 Å². The van der Waals surface area contributed by atoms with Gasteiger partial charge in [-0.25, -0.2) is 19.9 Å². The van der Waals surface area contributed by atoms with E-state index in [4.69, 9.17) is 29.9 Å². The van der Waals surface area contributed by atoms with E-state index in [-0.39, 0.29) is 0 Å². The summed E-state index contributed by atoms with van der Waals surface area (Å²) in [6, 6.07) is 103. The number of aromatic nitrogens is 8. The molecule has 0 saturated heterocycles. The van der Waals surface area contributed by atoms with Crippen molar-refractivity contribution in [2.45, 2.75) is 0 Å². The van der Waals surface area contributed by atoms with E-state index in [1.165, 1.54) is 33.0 Å². The molecule has 12 aromatic carbocycles. The van der Waals surface area contributed by atoms with Gasteiger partial charge in [0.25, 0.3) is 0 Å². The van der Waals surface area contributed by atoms with E-state index in [9.17, 15) is 0 Å². The molecule has 0 fully saturated rings. The Morgan fingerprint density at radius 1 is 0.177 bits per heavy atom. The Labute approximate surface area is 550 Å². The monoisotopic (exact) mass is 1220 g/mol. The fourth-order valence-electron chi connectivity index (χ4n) is 14.6. The zero-order valence-electron chi connectivity index (χ0n) is 51.6. The number of hydrogen-bond acceptors (Lipinski definition) is 8. The van der Waals surface area contributed by atoms with E-state index in [0.29, 0.717) is 0 Å². The van der Waals surface area contributed by atoms with Crippen molar-refractivity contribution in [3.8, 4) is 67.0 Å². The molecule has 8 nitrogen and oxygen atoms in total. The van der Waals surface area contributed by atoms with E-state index >= 15 is 0 Å². The van der Waals surface area contributed by atoms with Gasteiger partial charge in [-0.05, 0) is 128 Å². The molecule has 444 valence electrons. The van der Waals surface area contributed by atoms with Crippen LogP contribution in [0.5, 0.6) is 0 Å². The molecule has 0 atom stereocenters. The standard InChI is InChI=1S/2C44H26N4/c1-2-8-27(9-3-1)40-35-11-4-5-13-39(35)48-44-36(40)20-18-28-19-21-38(47-42(28)44)32-17-15-29-24-31(16-14-30(29)25-32)37-26-33-10-6-22-45-41(33)43-34(37)12-7-23-46-43;1-2-10-27(11-3-1)40-35-15-6-7-17-38(35)48-44-36(40)20-18-28-19-23-39(47-42(28)44)33-22-21-32(30-13-4-5-14-31(30)33)37-26-29-12-8-24-45-41(29)43-34(37)16-9-25-46-43/h2*1-26H. The van der Waals surface area contributed by atoms with Crippen molar-refractivity contribution in [1.82, 2.24) is 39.9 Å². The maximum Gasteiger partial charge on any atom is 0.0978 e. The maximum atomic E-state index is 5.38. The first kappa shape index (κ1) is 54.7. The van der Waals surface area contributed by atoms with Crippen LogP contribution < -0.4 is 0 Å². The highest BCUT2D eigenvalue weighted by Gasteiger charge is 2.20. The van der Waals surface area contributed by atoms with Crippen molar-refractivity contribution >= 4 is 131 Å². The number of rotatable bonds is 6. The molecule has 8 heterocycles. The number of benzene rings is 12. The maximum absolute atomic E-state index is 5.38. The van der Waals surface area contributed by atoms with Gasteiger partial charge < -0.3 is 0 Å². The number of hydrogen-bond donors (Lipinski definition) is 0. The number of pyridine rings is 8. The molecule has 0 radical (unpaired) electrons. The highest BCUT2D eigenvalue weighted by atomic mass is 14.8. The van der Waals surface area contributed by atoms with Gasteiger partial charge >= 0.3 is 0 Å². The molecular weight excluding hydrogens is 1170 g/mol. The molecule has 0 spiro atoms. The molecule has 0 unspecified atom stereocenters. The first-order valence-corrected chi connectivity index (χ1v) is 32.3. The zero-order chi connectivity index (χ0) is 63.2. The summed E-state index contributed by atoms with van der Waals surface area (Å²) in [6.45, 7) is 0. The molecular formula is C88H52N8. The summed E-state index contributed by atoms with van der Waals surface area (Å²) in [6.07, 6.45) is 7.35. The highest BCUT2D eigenvalue weighted by molar-refractivity contribution is 6.20. The molecule has 20 rings (SSSR count). The van der Waals surface area contributed by atoms with Crippen LogP contribution in [0.2, 0.25) is 0 Å². The van der Waals surface area contributed by atoms with Crippen molar-refractivity contribution in [2.75, 3.05) is 0 Å². The molecule has 96 heavy (non-hydrogen) atoms. The summed E-state index contributed by atoms with van der Waals surface area (Å²) in [5.41, 5.74) is 22.6. The predicted octanol–water partition coefficient (Wildman–Crippen LogP) is 22.4. The van der Waals surface area contributed by atoms with Gasteiger partial charge in [-0.1, -0.05) is 218 Å². The van der Waals surface area contributed by atoms with Crippen molar-refractivity contribution in [1.29, 1.82) is 0 Å². The minimum atomic E-state index is 0.903. The highest BCUT2D eigenvalue weighted by Crippen LogP contribution is 2.44. The van der Waals surface area contributed by atoms with Crippen molar-refractivity contribution < 1.29 is 0 Å². The van der Waals surface area contributed by atoms with Gasteiger partial charge in [0.2, 0.25) is 0 Å². The third-order valence-corrected chi connectivity index (χ3v) is 19.0. The lowest BCUT2D eigenvalue weighted by Gasteiger charge is -2.15. The summed E-state index contributed by atoms with van der Waals surface area (Å²) in [4.78, 5) is 39.8. The zero-order valence-corrected chi connectivity index (χ0v) is 51.6. The van der Waals surface area contributed by atoms with Crippen LogP contribution in [-0.2, 0) is 0 Å². The summed E-state index contributed by atoms with van der Waals surface area (Å²) in [5.74, 6) is 0. The lowest BCUT2D eigenvalue weighted by Crippen LogP contribution is -1.94. The smallest absolute Gasteiger partial charge is 0.0978 e. The van der Waals surface area contributed by atoms with Crippen LogP contribution in [0.4, 0.5) is 0 Å². The Morgan fingerprint density at radius 2 is 0.594 bits per heavy atom. The number of para-hydroxylation sites is 2. The minimum Gasteiger partial charge on any atom is -0.254 e.